The molecule has 1 aliphatic rings. The fourth-order valence-electron chi connectivity index (χ4n) is 3.09. The van der Waals surface area contributed by atoms with Crippen LogP contribution in [-0.4, -0.2) is 11.6 Å². The standard InChI is InChI=1S/C19H24N2O2/c1-12(2)6-13(3)10-22-15-4-5-16-14(7-15)11-23-18-9-21-19(20)8-17(16)18/h4-5,7-9,12-13H,6,10-11H2,1-3H3,(H2,20,21). The lowest BCUT2D eigenvalue weighted by atomic mass is 9.97. The zero-order valence-electron chi connectivity index (χ0n) is 14.0. The van der Waals surface area contributed by atoms with Crippen molar-refractivity contribution in [1.29, 1.82) is 0 Å². The number of nitrogens with two attached hydrogens (primary N) is 1. The minimum atomic E-state index is 0.503. The third-order valence-corrected chi connectivity index (χ3v) is 4.05. The molecule has 1 aromatic carbocycles. The summed E-state index contributed by atoms with van der Waals surface area (Å²) in [6.45, 7) is 7.99. The van der Waals surface area contributed by atoms with Crippen molar-refractivity contribution >= 4 is 5.82 Å². The molecule has 0 saturated heterocycles. The Balaban J connectivity index is 1.76. The van der Waals surface area contributed by atoms with Crippen LogP contribution in [-0.2, 0) is 6.61 Å². The molecule has 0 fully saturated rings. The molecule has 2 aromatic rings. The summed E-state index contributed by atoms with van der Waals surface area (Å²) in [5.41, 5.74) is 9.06. The summed E-state index contributed by atoms with van der Waals surface area (Å²) in [5, 5.41) is 0. The number of fused-ring (bicyclic) bond motifs is 3. The number of pyridine rings is 1. The second kappa shape index (κ2) is 6.49. The predicted octanol–water partition coefficient (Wildman–Crippen LogP) is 4.28. The number of nitrogens with zero attached hydrogens (tertiary/aromatic N) is 1. The largest absolute Gasteiger partial charge is 0.493 e. The van der Waals surface area contributed by atoms with E-state index in [0.29, 0.717) is 24.3 Å². The van der Waals surface area contributed by atoms with E-state index in [1.807, 2.05) is 12.1 Å². The minimum absolute atomic E-state index is 0.503. The fourth-order valence-corrected chi connectivity index (χ4v) is 3.09. The van der Waals surface area contributed by atoms with Crippen LogP contribution in [0, 0.1) is 11.8 Å². The highest BCUT2D eigenvalue weighted by Gasteiger charge is 2.18. The zero-order chi connectivity index (χ0) is 16.4. The van der Waals surface area contributed by atoms with E-state index in [0.717, 1.165) is 34.8 Å². The average molecular weight is 312 g/mol. The van der Waals surface area contributed by atoms with Crippen molar-refractivity contribution < 1.29 is 9.47 Å². The Bertz CT molecular complexity index is 698. The summed E-state index contributed by atoms with van der Waals surface area (Å²) in [5.74, 6) is 3.43. The molecule has 2 heterocycles. The lowest BCUT2D eigenvalue weighted by molar-refractivity contribution is 0.238. The van der Waals surface area contributed by atoms with Crippen molar-refractivity contribution in [2.45, 2.75) is 33.8 Å². The van der Waals surface area contributed by atoms with Gasteiger partial charge < -0.3 is 15.2 Å². The molecule has 2 N–H and O–H groups in total. The first-order valence-electron chi connectivity index (χ1n) is 8.17. The number of anilines is 1. The van der Waals surface area contributed by atoms with Gasteiger partial charge in [0.2, 0.25) is 0 Å². The maximum Gasteiger partial charge on any atom is 0.146 e. The van der Waals surface area contributed by atoms with Crippen LogP contribution in [0.1, 0.15) is 32.8 Å². The van der Waals surface area contributed by atoms with Gasteiger partial charge in [-0.2, -0.15) is 0 Å². The maximum atomic E-state index is 5.95. The molecule has 3 rings (SSSR count). The Labute approximate surface area is 137 Å². The van der Waals surface area contributed by atoms with Gasteiger partial charge in [-0.25, -0.2) is 4.98 Å². The van der Waals surface area contributed by atoms with E-state index in [1.165, 1.54) is 6.42 Å². The van der Waals surface area contributed by atoms with E-state index >= 15 is 0 Å². The van der Waals surface area contributed by atoms with Crippen LogP contribution in [0.3, 0.4) is 0 Å². The number of rotatable bonds is 5. The van der Waals surface area contributed by atoms with Gasteiger partial charge in [-0.15, -0.1) is 0 Å². The quantitative estimate of drug-likeness (QED) is 0.895. The maximum absolute atomic E-state index is 5.95. The second-order valence-electron chi connectivity index (χ2n) is 6.76. The van der Waals surface area contributed by atoms with Crippen LogP contribution in [0.25, 0.3) is 11.1 Å². The van der Waals surface area contributed by atoms with Gasteiger partial charge in [-0.3, -0.25) is 0 Å². The lowest BCUT2D eigenvalue weighted by Gasteiger charge is -2.22. The first-order valence-corrected chi connectivity index (χ1v) is 8.17. The van der Waals surface area contributed by atoms with Crippen molar-refractivity contribution in [3.63, 3.8) is 0 Å². The molecule has 1 unspecified atom stereocenters. The first kappa shape index (κ1) is 15.7. The smallest absolute Gasteiger partial charge is 0.146 e. The molecule has 1 aromatic heterocycles. The SMILES string of the molecule is CC(C)CC(C)COc1ccc2c(c1)COc1cnc(N)cc1-2. The van der Waals surface area contributed by atoms with E-state index in [-0.39, 0.29) is 0 Å². The predicted molar refractivity (Wildman–Crippen MR) is 92.5 cm³/mol. The molecular formula is C19H24N2O2. The monoisotopic (exact) mass is 312 g/mol. The Morgan fingerprint density at radius 1 is 1.22 bits per heavy atom. The second-order valence-corrected chi connectivity index (χ2v) is 6.76. The van der Waals surface area contributed by atoms with Crippen LogP contribution in [0.15, 0.2) is 30.5 Å². The highest BCUT2D eigenvalue weighted by molar-refractivity contribution is 5.77. The van der Waals surface area contributed by atoms with Gasteiger partial charge in [-0.1, -0.05) is 26.8 Å². The molecule has 4 heteroatoms. The van der Waals surface area contributed by atoms with Gasteiger partial charge in [0.15, 0.2) is 0 Å². The Hall–Kier alpha value is -2.23. The van der Waals surface area contributed by atoms with Gasteiger partial charge in [0, 0.05) is 11.1 Å². The number of hydrogen-bond donors (Lipinski definition) is 1. The Morgan fingerprint density at radius 2 is 2.04 bits per heavy atom. The molecule has 1 atom stereocenters. The third kappa shape index (κ3) is 3.58. The van der Waals surface area contributed by atoms with Crippen molar-refractivity contribution in [3.05, 3.63) is 36.0 Å². The zero-order valence-corrected chi connectivity index (χ0v) is 14.0. The Kier molecular flexibility index (Phi) is 4.42. The van der Waals surface area contributed by atoms with Crippen molar-refractivity contribution in [1.82, 2.24) is 4.98 Å². The number of benzene rings is 1. The molecule has 122 valence electrons. The van der Waals surface area contributed by atoms with Gasteiger partial charge in [0.25, 0.3) is 0 Å². The molecule has 0 spiro atoms. The molecule has 0 bridgehead atoms. The highest BCUT2D eigenvalue weighted by atomic mass is 16.5. The summed E-state index contributed by atoms with van der Waals surface area (Å²) in [6, 6.07) is 8.03. The molecule has 0 aliphatic carbocycles. The Morgan fingerprint density at radius 3 is 2.83 bits per heavy atom. The summed E-state index contributed by atoms with van der Waals surface area (Å²) >= 11 is 0. The van der Waals surface area contributed by atoms with Crippen LogP contribution in [0.4, 0.5) is 5.82 Å². The first-order chi connectivity index (χ1) is 11.0. The van der Waals surface area contributed by atoms with Crippen molar-refractivity contribution in [2.24, 2.45) is 11.8 Å². The topological polar surface area (TPSA) is 57.4 Å². The number of nitrogen functional groups attached to an aromatic ring is 1. The van der Waals surface area contributed by atoms with Crippen LogP contribution < -0.4 is 15.2 Å². The molecule has 1 aliphatic heterocycles. The van der Waals surface area contributed by atoms with E-state index in [4.69, 9.17) is 15.2 Å². The third-order valence-electron chi connectivity index (χ3n) is 4.05. The molecular weight excluding hydrogens is 288 g/mol. The molecule has 0 radical (unpaired) electrons. The van der Waals surface area contributed by atoms with Gasteiger partial charge in [-0.05, 0) is 42.0 Å². The number of aromatic nitrogens is 1. The van der Waals surface area contributed by atoms with Crippen LogP contribution in [0.5, 0.6) is 11.5 Å². The van der Waals surface area contributed by atoms with Gasteiger partial charge in [0.1, 0.15) is 23.9 Å². The molecule has 0 amide bonds. The summed E-state index contributed by atoms with van der Waals surface area (Å²) < 4.78 is 11.7. The van der Waals surface area contributed by atoms with Crippen LogP contribution >= 0.6 is 0 Å². The normalized spacial score (nSPS) is 13.9. The van der Waals surface area contributed by atoms with Crippen LogP contribution in [0.2, 0.25) is 0 Å². The minimum Gasteiger partial charge on any atom is -0.493 e. The van der Waals surface area contributed by atoms with Crippen molar-refractivity contribution in [3.8, 4) is 22.6 Å². The highest BCUT2D eigenvalue weighted by Crippen LogP contribution is 2.39. The van der Waals surface area contributed by atoms with E-state index in [9.17, 15) is 0 Å². The summed E-state index contributed by atoms with van der Waals surface area (Å²) in [6.07, 6.45) is 2.86. The van der Waals surface area contributed by atoms with E-state index in [1.54, 1.807) is 6.20 Å². The number of hydrogen-bond acceptors (Lipinski definition) is 4. The summed E-state index contributed by atoms with van der Waals surface area (Å²) in [7, 11) is 0. The lowest BCUT2D eigenvalue weighted by Crippen LogP contribution is -2.12. The molecule has 23 heavy (non-hydrogen) atoms. The van der Waals surface area contributed by atoms with Crippen molar-refractivity contribution in [2.75, 3.05) is 12.3 Å². The fraction of sp³-hybridized carbons (Fsp3) is 0.421. The van der Waals surface area contributed by atoms with Gasteiger partial charge in [0.05, 0.1) is 12.8 Å². The van der Waals surface area contributed by atoms with Gasteiger partial charge >= 0.3 is 0 Å². The number of ether oxygens (including phenoxy) is 2. The average Bonchev–Trinajstić information content (AvgIpc) is 2.51. The molecule has 0 saturated carbocycles. The molecule has 4 nitrogen and oxygen atoms in total. The summed E-state index contributed by atoms with van der Waals surface area (Å²) in [4.78, 5) is 4.08. The van der Waals surface area contributed by atoms with E-state index < -0.39 is 0 Å². The van der Waals surface area contributed by atoms with E-state index in [2.05, 4.69) is 37.9 Å².